The minimum absolute atomic E-state index is 0. The molecule has 5 heteroatoms. The fraction of sp³-hybridized carbons (Fsp3) is 0.650. The van der Waals surface area contributed by atoms with Crippen molar-refractivity contribution in [1.82, 2.24) is 10.6 Å². The van der Waals surface area contributed by atoms with Crippen LogP contribution in [-0.4, -0.2) is 39.8 Å². The molecule has 2 rings (SSSR count). The Hall–Kier alpha value is -0.820. The summed E-state index contributed by atoms with van der Waals surface area (Å²) in [6, 6.07) is 6.74. The first kappa shape index (κ1) is 22.2. The number of nitrogens with one attached hydrogen (secondary N) is 2. The van der Waals surface area contributed by atoms with Gasteiger partial charge in [-0.2, -0.15) is 0 Å². The Morgan fingerprint density at radius 1 is 1.16 bits per heavy atom. The molecule has 0 saturated heterocycles. The van der Waals surface area contributed by atoms with Crippen molar-refractivity contribution in [2.75, 3.05) is 33.9 Å². The Balaban J connectivity index is 0.00000312. The van der Waals surface area contributed by atoms with Crippen molar-refractivity contribution in [2.24, 2.45) is 10.4 Å². The first-order valence-corrected chi connectivity index (χ1v) is 9.07. The Labute approximate surface area is 170 Å². The van der Waals surface area contributed by atoms with Crippen molar-refractivity contribution in [3.8, 4) is 0 Å². The van der Waals surface area contributed by atoms with Crippen LogP contribution in [0.3, 0.4) is 0 Å². The molecule has 0 bridgehead atoms. The van der Waals surface area contributed by atoms with E-state index < -0.39 is 0 Å². The van der Waals surface area contributed by atoms with Crippen LogP contribution in [0.1, 0.15) is 42.4 Å². The lowest BCUT2D eigenvalue weighted by molar-refractivity contribution is 0.0732. The maximum Gasteiger partial charge on any atom is 0.191 e. The minimum Gasteiger partial charge on any atom is -0.385 e. The van der Waals surface area contributed by atoms with Crippen LogP contribution >= 0.6 is 24.0 Å². The number of guanidine groups is 1. The Morgan fingerprint density at radius 2 is 1.84 bits per heavy atom. The predicted molar refractivity (Wildman–Crippen MR) is 117 cm³/mol. The quantitative estimate of drug-likeness (QED) is 0.353. The lowest BCUT2D eigenvalue weighted by Gasteiger charge is -2.42. The lowest BCUT2D eigenvalue weighted by Crippen LogP contribution is -2.47. The number of halogens is 1. The summed E-state index contributed by atoms with van der Waals surface area (Å²) in [5.41, 5.74) is 4.45. The SMILES string of the molecule is CN=C(NCCc1cc(C)cc(C)c1)NCC1(CCOC)CCC1.I. The van der Waals surface area contributed by atoms with Gasteiger partial charge in [0.2, 0.25) is 0 Å². The molecule has 0 amide bonds. The third-order valence-corrected chi connectivity index (χ3v) is 5.09. The van der Waals surface area contributed by atoms with Gasteiger partial charge >= 0.3 is 0 Å². The summed E-state index contributed by atoms with van der Waals surface area (Å²) in [6.45, 7) is 7.04. The second-order valence-corrected chi connectivity index (χ2v) is 7.19. The molecule has 0 atom stereocenters. The minimum atomic E-state index is 0. The normalized spacial score (nSPS) is 15.9. The number of ether oxygens (including phenoxy) is 1. The number of hydrogen-bond donors (Lipinski definition) is 2. The van der Waals surface area contributed by atoms with Gasteiger partial charge in [0.25, 0.3) is 0 Å². The van der Waals surface area contributed by atoms with E-state index in [2.05, 4.69) is 47.7 Å². The maximum absolute atomic E-state index is 5.27. The molecule has 1 saturated carbocycles. The van der Waals surface area contributed by atoms with Crippen LogP contribution in [-0.2, 0) is 11.2 Å². The van der Waals surface area contributed by atoms with Gasteiger partial charge in [-0.05, 0) is 50.5 Å². The van der Waals surface area contributed by atoms with Gasteiger partial charge in [0, 0.05) is 33.9 Å². The number of methoxy groups -OCH3 is 1. The smallest absolute Gasteiger partial charge is 0.191 e. The van der Waals surface area contributed by atoms with Crippen LogP contribution in [0.5, 0.6) is 0 Å². The Bertz CT molecular complexity index is 536. The lowest BCUT2D eigenvalue weighted by atomic mass is 9.67. The monoisotopic (exact) mass is 459 g/mol. The highest BCUT2D eigenvalue weighted by atomic mass is 127. The second kappa shape index (κ2) is 11.0. The first-order chi connectivity index (χ1) is 11.6. The van der Waals surface area contributed by atoms with E-state index >= 15 is 0 Å². The number of benzene rings is 1. The summed E-state index contributed by atoms with van der Waals surface area (Å²) in [4.78, 5) is 4.36. The number of hydrogen-bond acceptors (Lipinski definition) is 2. The van der Waals surface area contributed by atoms with Gasteiger partial charge in [-0.15, -0.1) is 24.0 Å². The average Bonchev–Trinajstić information content (AvgIpc) is 2.50. The van der Waals surface area contributed by atoms with Crippen LogP contribution in [0.15, 0.2) is 23.2 Å². The van der Waals surface area contributed by atoms with Crippen LogP contribution < -0.4 is 10.6 Å². The molecule has 0 radical (unpaired) electrons. The molecule has 1 aromatic rings. The topological polar surface area (TPSA) is 45.7 Å². The molecular weight excluding hydrogens is 425 g/mol. The van der Waals surface area contributed by atoms with Crippen molar-refractivity contribution < 1.29 is 4.74 Å². The average molecular weight is 459 g/mol. The summed E-state index contributed by atoms with van der Waals surface area (Å²) in [6.07, 6.45) is 6.07. The standard InChI is InChI=1S/C20H33N3O.HI/c1-16-12-17(2)14-18(13-16)6-10-22-19(21-3)23-15-20(7-5-8-20)9-11-24-4;/h12-14H,5-11,15H2,1-4H3,(H2,21,22,23);1H. The van der Waals surface area contributed by atoms with E-state index in [1.54, 1.807) is 7.11 Å². The zero-order valence-electron chi connectivity index (χ0n) is 16.2. The van der Waals surface area contributed by atoms with Gasteiger partial charge < -0.3 is 15.4 Å². The zero-order valence-corrected chi connectivity index (χ0v) is 18.5. The van der Waals surface area contributed by atoms with Gasteiger partial charge in [0.15, 0.2) is 5.96 Å². The fourth-order valence-corrected chi connectivity index (χ4v) is 3.54. The van der Waals surface area contributed by atoms with E-state index in [-0.39, 0.29) is 24.0 Å². The van der Waals surface area contributed by atoms with Gasteiger partial charge in [-0.1, -0.05) is 35.7 Å². The van der Waals surface area contributed by atoms with Crippen LogP contribution in [0, 0.1) is 19.3 Å². The van der Waals surface area contributed by atoms with Gasteiger partial charge in [-0.25, -0.2) is 0 Å². The predicted octanol–water partition coefficient (Wildman–Crippen LogP) is 3.84. The summed E-state index contributed by atoms with van der Waals surface area (Å²) in [5.74, 6) is 0.906. The van der Waals surface area contributed by atoms with E-state index in [1.165, 1.54) is 36.0 Å². The van der Waals surface area contributed by atoms with Crippen molar-refractivity contribution in [3.63, 3.8) is 0 Å². The molecule has 25 heavy (non-hydrogen) atoms. The summed E-state index contributed by atoms with van der Waals surface area (Å²) >= 11 is 0. The molecule has 0 unspecified atom stereocenters. The van der Waals surface area contributed by atoms with Crippen molar-refractivity contribution in [1.29, 1.82) is 0 Å². The van der Waals surface area contributed by atoms with Gasteiger partial charge in [-0.3, -0.25) is 4.99 Å². The highest BCUT2D eigenvalue weighted by Crippen LogP contribution is 2.43. The van der Waals surface area contributed by atoms with Crippen molar-refractivity contribution in [2.45, 2.75) is 46.0 Å². The molecule has 1 aliphatic rings. The van der Waals surface area contributed by atoms with E-state index in [0.29, 0.717) is 5.41 Å². The summed E-state index contributed by atoms with van der Waals surface area (Å²) in [5, 5.41) is 6.95. The highest BCUT2D eigenvalue weighted by Gasteiger charge is 2.36. The van der Waals surface area contributed by atoms with Crippen molar-refractivity contribution in [3.05, 3.63) is 34.9 Å². The molecule has 0 aliphatic heterocycles. The third kappa shape index (κ3) is 7.13. The Morgan fingerprint density at radius 3 is 2.36 bits per heavy atom. The van der Waals surface area contributed by atoms with Gasteiger partial charge in [0.1, 0.15) is 0 Å². The fourth-order valence-electron chi connectivity index (χ4n) is 3.54. The molecule has 1 aromatic carbocycles. The van der Waals surface area contributed by atoms with Crippen LogP contribution in [0.4, 0.5) is 0 Å². The third-order valence-electron chi connectivity index (χ3n) is 5.09. The summed E-state index contributed by atoms with van der Waals surface area (Å²) in [7, 11) is 3.63. The molecule has 2 N–H and O–H groups in total. The molecule has 0 aromatic heterocycles. The van der Waals surface area contributed by atoms with Crippen molar-refractivity contribution >= 4 is 29.9 Å². The van der Waals surface area contributed by atoms with Crippen LogP contribution in [0.25, 0.3) is 0 Å². The number of rotatable bonds is 8. The zero-order chi connectivity index (χ0) is 17.4. The van der Waals surface area contributed by atoms with E-state index in [0.717, 1.165) is 38.5 Å². The van der Waals surface area contributed by atoms with Gasteiger partial charge in [0.05, 0.1) is 0 Å². The number of aryl methyl sites for hydroxylation is 2. The molecule has 4 nitrogen and oxygen atoms in total. The number of nitrogens with zero attached hydrogens (tertiary/aromatic N) is 1. The second-order valence-electron chi connectivity index (χ2n) is 7.19. The molecular formula is C20H34IN3O. The maximum atomic E-state index is 5.27. The molecule has 142 valence electrons. The summed E-state index contributed by atoms with van der Waals surface area (Å²) < 4.78 is 5.27. The van der Waals surface area contributed by atoms with E-state index in [4.69, 9.17) is 4.74 Å². The molecule has 0 heterocycles. The molecule has 1 fully saturated rings. The Kier molecular flexibility index (Phi) is 9.79. The highest BCUT2D eigenvalue weighted by molar-refractivity contribution is 14.0. The first-order valence-electron chi connectivity index (χ1n) is 9.07. The largest absolute Gasteiger partial charge is 0.385 e. The van der Waals surface area contributed by atoms with E-state index in [9.17, 15) is 0 Å². The van der Waals surface area contributed by atoms with Crippen LogP contribution in [0.2, 0.25) is 0 Å². The number of aliphatic imine (C=N–C) groups is 1. The molecule has 1 aliphatic carbocycles. The van der Waals surface area contributed by atoms with E-state index in [1.807, 2.05) is 7.05 Å². The molecule has 0 spiro atoms.